The van der Waals surface area contributed by atoms with E-state index in [9.17, 15) is 23.1 Å². The van der Waals surface area contributed by atoms with Gasteiger partial charge in [-0.1, -0.05) is 12.1 Å². The molecule has 2 aromatic carbocycles. The van der Waals surface area contributed by atoms with E-state index < -0.39 is 18.6 Å². The largest absolute Gasteiger partial charge is 0.493 e. The number of likely N-dealkylation sites (tertiary alicyclic amines) is 1. The van der Waals surface area contributed by atoms with E-state index >= 15 is 0 Å². The van der Waals surface area contributed by atoms with Crippen molar-refractivity contribution in [3.05, 3.63) is 59.3 Å². The van der Waals surface area contributed by atoms with Crippen LogP contribution in [0.4, 0.5) is 13.2 Å². The Kier molecular flexibility index (Phi) is 6.74. The zero-order valence-electron chi connectivity index (χ0n) is 19.0. The lowest BCUT2D eigenvalue weighted by Crippen LogP contribution is -2.45. The predicted octanol–water partition coefficient (Wildman–Crippen LogP) is 5.37. The fraction of sp³-hybridized carbons (Fsp3) is 0.400. The van der Waals surface area contributed by atoms with Crippen LogP contribution in [0.5, 0.6) is 11.5 Å². The molecule has 1 saturated heterocycles. The molecule has 1 fully saturated rings. The van der Waals surface area contributed by atoms with E-state index in [0.29, 0.717) is 31.0 Å². The fourth-order valence-electron chi connectivity index (χ4n) is 4.60. The Morgan fingerprint density at radius 2 is 1.97 bits per heavy atom. The first-order chi connectivity index (χ1) is 16.2. The third kappa shape index (κ3) is 5.14. The highest BCUT2D eigenvalue weighted by atomic mass is 19.4. The third-order valence-corrected chi connectivity index (χ3v) is 6.38. The van der Waals surface area contributed by atoms with Gasteiger partial charge in [0.25, 0.3) is 0 Å². The number of H-pyrrole nitrogens is 1. The van der Waals surface area contributed by atoms with Crippen molar-refractivity contribution in [2.24, 2.45) is 0 Å². The number of aromatic nitrogens is 1. The molecule has 2 heterocycles. The van der Waals surface area contributed by atoms with E-state index in [-0.39, 0.29) is 24.1 Å². The number of rotatable bonds is 7. The lowest BCUT2D eigenvalue weighted by molar-refractivity contribution is -0.139. The molecule has 2 N–H and O–H groups in total. The van der Waals surface area contributed by atoms with Crippen molar-refractivity contribution in [2.45, 2.75) is 38.0 Å². The van der Waals surface area contributed by atoms with Crippen molar-refractivity contribution in [2.75, 3.05) is 26.7 Å². The molecule has 0 aliphatic carbocycles. The molecule has 1 aromatic heterocycles. The summed E-state index contributed by atoms with van der Waals surface area (Å²) in [5, 5.41) is 10.1. The van der Waals surface area contributed by atoms with Crippen LogP contribution < -0.4 is 9.47 Å². The third-order valence-electron chi connectivity index (χ3n) is 6.38. The minimum Gasteiger partial charge on any atom is -0.493 e. The summed E-state index contributed by atoms with van der Waals surface area (Å²) in [6.45, 7) is 2.72. The normalized spacial score (nSPS) is 19.3. The van der Waals surface area contributed by atoms with Crippen LogP contribution in [0.25, 0.3) is 10.9 Å². The summed E-state index contributed by atoms with van der Waals surface area (Å²) < 4.78 is 50.6. The molecule has 0 saturated carbocycles. The molecular formula is C25H27F3N2O4. The Hall–Kier alpha value is -3.20. The highest BCUT2D eigenvalue weighted by Gasteiger charge is 2.35. The molecular weight excluding hydrogens is 449 g/mol. The van der Waals surface area contributed by atoms with Gasteiger partial charge < -0.3 is 24.5 Å². The summed E-state index contributed by atoms with van der Waals surface area (Å²) in [4.78, 5) is 16.3. The van der Waals surface area contributed by atoms with Crippen LogP contribution >= 0.6 is 0 Å². The van der Waals surface area contributed by atoms with Crippen molar-refractivity contribution in [1.82, 2.24) is 9.88 Å². The van der Waals surface area contributed by atoms with Gasteiger partial charge >= 0.3 is 12.1 Å². The maximum absolute atomic E-state index is 12.8. The summed E-state index contributed by atoms with van der Waals surface area (Å²) >= 11 is 0. The highest BCUT2D eigenvalue weighted by molar-refractivity contribution is 5.91. The molecule has 0 amide bonds. The maximum Gasteiger partial charge on any atom is 0.390 e. The van der Waals surface area contributed by atoms with Crippen molar-refractivity contribution >= 4 is 16.9 Å². The number of carbonyl (C=O) groups is 1. The Bertz CT molecular complexity index is 1160. The van der Waals surface area contributed by atoms with Gasteiger partial charge in [-0.05, 0) is 48.7 Å². The van der Waals surface area contributed by atoms with Crippen molar-refractivity contribution < 1.29 is 32.5 Å². The van der Waals surface area contributed by atoms with E-state index in [0.717, 1.165) is 22.0 Å². The van der Waals surface area contributed by atoms with E-state index in [2.05, 4.69) is 4.98 Å². The topological polar surface area (TPSA) is 74.8 Å². The number of hydrogen-bond acceptors (Lipinski definition) is 4. The van der Waals surface area contributed by atoms with Crippen LogP contribution in [0.3, 0.4) is 0 Å². The van der Waals surface area contributed by atoms with Gasteiger partial charge in [-0.15, -0.1) is 0 Å². The number of methoxy groups -OCH3 is 1. The number of alkyl halides is 3. The van der Waals surface area contributed by atoms with Gasteiger partial charge in [-0.25, -0.2) is 4.79 Å². The second kappa shape index (κ2) is 9.58. The standard InChI is InChI=1S/C25H27F3N2O4/c1-15-13-21(33-2)23(18-7-10-29-22(15)18)34-20-8-11-30(12-9-25(26,27)28)14-19(20)16-3-5-17(6-4-16)24(31)32/h3-7,10,13,19-20,29H,8-9,11-12,14H2,1-2H3,(H,31,32)/t19-,20+/m0/s1. The Balaban J connectivity index is 1.65. The second-order valence-electron chi connectivity index (χ2n) is 8.64. The van der Waals surface area contributed by atoms with Crippen LogP contribution in [0.1, 0.15) is 40.2 Å². The van der Waals surface area contributed by atoms with Crippen LogP contribution in [0.15, 0.2) is 42.6 Å². The molecule has 34 heavy (non-hydrogen) atoms. The van der Waals surface area contributed by atoms with Crippen LogP contribution in [-0.2, 0) is 0 Å². The number of ether oxygens (including phenoxy) is 2. The van der Waals surface area contributed by atoms with Gasteiger partial charge in [0.05, 0.1) is 24.6 Å². The first-order valence-electron chi connectivity index (χ1n) is 11.1. The molecule has 0 radical (unpaired) electrons. The summed E-state index contributed by atoms with van der Waals surface area (Å²) in [6.07, 6.45) is -3.08. The monoisotopic (exact) mass is 476 g/mol. The van der Waals surface area contributed by atoms with Gasteiger partial charge in [0, 0.05) is 37.1 Å². The number of carboxylic acids is 1. The lowest BCUT2D eigenvalue weighted by atomic mass is 9.87. The van der Waals surface area contributed by atoms with Gasteiger partial charge in [-0.3, -0.25) is 0 Å². The van der Waals surface area contributed by atoms with Crippen LogP contribution in [0.2, 0.25) is 0 Å². The molecule has 0 bridgehead atoms. The lowest BCUT2D eigenvalue weighted by Gasteiger charge is -2.39. The maximum atomic E-state index is 12.8. The number of fused-ring (bicyclic) bond motifs is 1. The van der Waals surface area contributed by atoms with Crippen molar-refractivity contribution in [3.8, 4) is 11.5 Å². The number of hydrogen-bond donors (Lipinski definition) is 2. The van der Waals surface area contributed by atoms with E-state index in [4.69, 9.17) is 9.47 Å². The average molecular weight is 476 g/mol. The molecule has 0 unspecified atom stereocenters. The quantitative estimate of drug-likeness (QED) is 0.480. The molecule has 1 aliphatic heterocycles. The number of aromatic amines is 1. The zero-order chi connectivity index (χ0) is 24.5. The molecule has 0 spiro atoms. The first kappa shape index (κ1) is 23.9. The van der Waals surface area contributed by atoms with Crippen molar-refractivity contribution in [1.29, 1.82) is 0 Å². The minimum absolute atomic E-state index is 0.0875. The number of nitrogens with zero attached hydrogens (tertiary/aromatic N) is 1. The van der Waals surface area contributed by atoms with E-state index in [1.54, 1.807) is 24.1 Å². The minimum atomic E-state index is -4.22. The summed E-state index contributed by atoms with van der Waals surface area (Å²) in [7, 11) is 1.57. The van der Waals surface area contributed by atoms with Crippen LogP contribution in [-0.4, -0.2) is 60.0 Å². The van der Waals surface area contributed by atoms with Gasteiger partial charge in [-0.2, -0.15) is 13.2 Å². The number of halogens is 3. The number of aryl methyl sites for hydroxylation is 1. The Morgan fingerprint density at radius 1 is 1.24 bits per heavy atom. The Labute approximate surface area is 195 Å². The second-order valence-corrected chi connectivity index (χ2v) is 8.64. The SMILES string of the molecule is COc1cc(C)c2[nH]ccc2c1O[C@@H]1CCN(CCC(F)(F)F)C[C@H]1c1ccc(C(=O)O)cc1. The average Bonchev–Trinajstić information content (AvgIpc) is 3.30. The van der Waals surface area contributed by atoms with Gasteiger partial charge in [0.15, 0.2) is 11.5 Å². The van der Waals surface area contributed by atoms with Crippen molar-refractivity contribution in [3.63, 3.8) is 0 Å². The summed E-state index contributed by atoms with van der Waals surface area (Å²) in [6, 6.07) is 10.3. The number of carboxylic acid groups (broad SMARTS) is 1. The summed E-state index contributed by atoms with van der Waals surface area (Å²) in [5.41, 5.74) is 2.91. The molecule has 6 nitrogen and oxygen atoms in total. The molecule has 182 valence electrons. The number of piperidine rings is 1. The van der Waals surface area contributed by atoms with E-state index in [1.807, 2.05) is 25.3 Å². The van der Waals surface area contributed by atoms with E-state index in [1.165, 1.54) is 12.1 Å². The fourth-order valence-corrected chi connectivity index (χ4v) is 4.60. The smallest absolute Gasteiger partial charge is 0.390 e. The molecule has 9 heteroatoms. The first-order valence-corrected chi connectivity index (χ1v) is 11.1. The predicted molar refractivity (Wildman–Crippen MR) is 122 cm³/mol. The summed E-state index contributed by atoms with van der Waals surface area (Å²) in [5.74, 6) is -0.104. The molecule has 3 aromatic rings. The number of nitrogens with one attached hydrogen (secondary N) is 1. The number of aromatic carboxylic acids is 1. The highest BCUT2D eigenvalue weighted by Crippen LogP contribution is 2.41. The Morgan fingerprint density at radius 3 is 2.62 bits per heavy atom. The van der Waals surface area contributed by atoms with Gasteiger partial charge in [0.2, 0.25) is 0 Å². The van der Waals surface area contributed by atoms with Crippen LogP contribution in [0, 0.1) is 6.92 Å². The molecule has 4 rings (SSSR count). The molecule has 2 atom stereocenters. The molecule has 1 aliphatic rings. The van der Waals surface area contributed by atoms with Gasteiger partial charge in [0.1, 0.15) is 6.10 Å². The number of benzene rings is 2. The zero-order valence-corrected chi connectivity index (χ0v) is 19.0.